The van der Waals surface area contributed by atoms with Crippen molar-refractivity contribution in [1.82, 2.24) is 0 Å². The van der Waals surface area contributed by atoms with Gasteiger partial charge in [-0.1, -0.05) is 48.5 Å². The van der Waals surface area contributed by atoms with Gasteiger partial charge in [-0.15, -0.1) is 10.5 Å². The number of aryl methyl sites for hydroxylation is 1. The molecular formula is C22H21NOS. The van der Waals surface area contributed by atoms with Gasteiger partial charge in [-0.25, -0.2) is 5.90 Å². The first kappa shape index (κ1) is 15.3. The minimum absolute atomic E-state index is 0.249. The van der Waals surface area contributed by atoms with Crippen molar-refractivity contribution in [2.24, 2.45) is 5.90 Å². The Hall–Kier alpha value is -1.94. The number of hydrogen-bond acceptors (Lipinski definition) is 2. The molecule has 25 heavy (non-hydrogen) atoms. The van der Waals surface area contributed by atoms with Crippen LogP contribution in [0.4, 0.5) is 0 Å². The number of nitrogens with two attached hydrogens (primary N) is 1. The largest absolute Gasteiger partial charge is 0.300 e. The van der Waals surface area contributed by atoms with Crippen LogP contribution in [0, 0.1) is 0 Å². The summed E-state index contributed by atoms with van der Waals surface area (Å²) < 4.78 is 0. The van der Waals surface area contributed by atoms with Crippen LogP contribution in [0.5, 0.6) is 0 Å². The molecule has 2 aliphatic heterocycles. The van der Waals surface area contributed by atoms with Gasteiger partial charge in [-0.3, -0.25) is 4.84 Å². The lowest BCUT2D eigenvalue weighted by atomic mass is 9.90. The minimum Gasteiger partial charge on any atom is -0.300 e. The van der Waals surface area contributed by atoms with E-state index in [0.29, 0.717) is 12.5 Å². The Balaban J connectivity index is 1.45. The molecule has 0 radical (unpaired) electrons. The van der Waals surface area contributed by atoms with Gasteiger partial charge in [0.25, 0.3) is 0 Å². The van der Waals surface area contributed by atoms with Crippen molar-refractivity contribution in [2.45, 2.75) is 25.7 Å². The molecular weight excluding hydrogens is 326 g/mol. The van der Waals surface area contributed by atoms with Crippen molar-refractivity contribution < 1.29 is 4.84 Å². The Morgan fingerprint density at radius 3 is 2.72 bits per heavy atom. The molecule has 0 aromatic heterocycles. The Morgan fingerprint density at radius 1 is 1.12 bits per heavy atom. The normalized spacial score (nSPS) is 23.6. The lowest BCUT2D eigenvalue weighted by molar-refractivity contribution is 0.164. The van der Waals surface area contributed by atoms with Gasteiger partial charge in [0.2, 0.25) is 0 Å². The van der Waals surface area contributed by atoms with E-state index in [2.05, 4.69) is 60.9 Å². The lowest BCUT2D eigenvalue weighted by Crippen LogP contribution is -2.06. The second-order valence-electron chi connectivity index (χ2n) is 6.96. The van der Waals surface area contributed by atoms with Gasteiger partial charge in [-0.2, -0.15) is 0 Å². The monoisotopic (exact) mass is 347 g/mol. The first-order chi connectivity index (χ1) is 12.3. The van der Waals surface area contributed by atoms with Crippen LogP contribution in [-0.4, -0.2) is 11.5 Å². The number of fused-ring (bicyclic) bond motifs is 2. The van der Waals surface area contributed by atoms with Crippen LogP contribution >= 0.6 is 10.5 Å². The van der Waals surface area contributed by atoms with Crippen molar-refractivity contribution in [2.75, 3.05) is 6.61 Å². The van der Waals surface area contributed by atoms with Crippen LogP contribution in [0.25, 0.3) is 5.57 Å². The molecule has 3 aliphatic rings. The number of hydrogen-bond donors (Lipinski definition) is 1. The second-order valence-corrected chi connectivity index (χ2v) is 8.89. The summed E-state index contributed by atoms with van der Waals surface area (Å²) >= 11 is 0. The molecule has 0 saturated carbocycles. The summed E-state index contributed by atoms with van der Waals surface area (Å²) in [6.45, 7) is 2.71. The molecule has 1 aliphatic carbocycles. The highest BCUT2D eigenvalue weighted by Gasteiger charge is 2.34. The van der Waals surface area contributed by atoms with Crippen LogP contribution < -0.4 is 5.90 Å². The molecule has 2 heterocycles. The topological polar surface area (TPSA) is 35.2 Å². The number of allylic oxidation sites excluding steroid dienone is 1. The molecule has 0 fully saturated rings. The molecule has 2 aromatic carbocycles. The third-order valence-electron chi connectivity index (χ3n) is 5.65. The zero-order valence-electron chi connectivity index (χ0n) is 14.3. The standard InChI is InChI=1S/C22H21NOS/c1-14-22-20(12-24-23)21(13-25(14)22)17-8-6-16(7-9-17)19-11-10-15-4-2-3-5-18(15)19/h2-9,13,19H,10-12,23H2,1H3. The van der Waals surface area contributed by atoms with Crippen molar-refractivity contribution >= 4 is 20.9 Å². The molecule has 3 heteroatoms. The highest BCUT2D eigenvalue weighted by atomic mass is 32.2. The summed E-state index contributed by atoms with van der Waals surface area (Å²) in [6.07, 6.45) is 2.41. The lowest BCUT2D eigenvalue weighted by Gasteiger charge is -2.14. The molecule has 2 N–H and O–H groups in total. The fourth-order valence-corrected chi connectivity index (χ4v) is 6.30. The Kier molecular flexibility index (Phi) is 3.56. The fourth-order valence-electron chi connectivity index (χ4n) is 4.31. The highest BCUT2D eigenvalue weighted by molar-refractivity contribution is 8.31. The van der Waals surface area contributed by atoms with Gasteiger partial charge < -0.3 is 0 Å². The van der Waals surface area contributed by atoms with Gasteiger partial charge in [0.1, 0.15) is 0 Å². The number of benzene rings is 2. The molecule has 2 nitrogen and oxygen atoms in total. The average molecular weight is 347 g/mol. The predicted octanol–water partition coefficient (Wildman–Crippen LogP) is 4.74. The van der Waals surface area contributed by atoms with E-state index in [1.165, 1.54) is 56.0 Å². The zero-order chi connectivity index (χ0) is 17.0. The van der Waals surface area contributed by atoms with Gasteiger partial charge in [0.05, 0.1) is 6.61 Å². The van der Waals surface area contributed by atoms with Crippen LogP contribution in [0.15, 0.2) is 64.4 Å². The summed E-state index contributed by atoms with van der Waals surface area (Å²) in [6, 6.07) is 18.0. The van der Waals surface area contributed by atoms with E-state index in [0.717, 1.165) is 0 Å². The Bertz CT molecular complexity index is 966. The Morgan fingerprint density at radius 2 is 1.92 bits per heavy atom. The first-order valence-corrected chi connectivity index (χ1v) is 10.1. The molecule has 0 spiro atoms. The van der Waals surface area contributed by atoms with Crippen LogP contribution in [-0.2, 0) is 11.3 Å². The maximum Gasteiger partial charge on any atom is 0.0947 e. The predicted molar refractivity (Wildman–Crippen MR) is 106 cm³/mol. The molecule has 2 atom stereocenters. The molecule has 5 rings (SSSR count). The molecule has 0 amide bonds. The minimum atomic E-state index is 0.249. The zero-order valence-corrected chi connectivity index (χ0v) is 15.1. The molecule has 0 bridgehead atoms. The van der Waals surface area contributed by atoms with Gasteiger partial charge in [-0.05, 0) is 57.9 Å². The summed E-state index contributed by atoms with van der Waals surface area (Å²) in [5, 5.41) is 2.39. The quantitative estimate of drug-likeness (QED) is 0.640. The average Bonchev–Trinajstić information content (AvgIpc) is 3.01. The van der Waals surface area contributed by atoms with E-state index in [1.54, 1.807) is 0 Å². The van der Waals surface area contributed by atoms with E-state index >= 15 is 0 Å². The maximum atomic E-state index is 5.36. The highest BCUT2D eigenvalue weighted by Crippen LogP contribution is 2.57. The van der Waals surface area contributed by atoms with Gasteiger partial charge in [0.15, 0.2) is 0 Å². The van der Waals surface area contributed by atoms with Crippen molar-refractivity contribution in [3.05, 3.63) is 86.7 Å². The molecule has 2 aromatic rings. The van der Waals surface area contributed by atoms with E-state index in [9.17, 15) is 0 Å². The SMILES string of the molecule is CC1=S2C=C(c3ccc(C4CCc5ccccc54)cc3)C(CON)=C12. The smallest absolute Gasteiger partial charge is 0.0947 e. The summed E-state index contributed by atoms with van der Waals surface area (Å²) in [7, 11) is 0.249. The van der Waals surface area contributed by atoms with Crippen molar-refractivity contribution in [3.63, 3.8) is 0 Å². The van der Waals surface area contributed by atoms with Crippen LogP contribution in [0.3, 0.4) is 0 Å². The van der Waals surface area contributed by atoms with Crippen molar-refractivity contribution in [1.29, 1.82) is 0 Å². The number of rotatable bonds is 4. The third kappa shape index (κ3) is 2.38. The first-order valence-electron chi connectivity index (χ1n) is 8.80. The third-order valence-corrected chi connectivity index (χ3v) is 7.77. The Labute approximate surface area is 150 Å². The van der Waals surface area contributed by atoms with E-state index < -0.39 is 0 Å². The van der Waals surface area contributed by atoms with Gasteiger partial charge in [0, 0.05) is 16.4 Å². The van der Waals surface area contributed by atoms with Gasteiger partial charge >= 0.3 is 0 Å². The summed E-state index contributed by atoms with van der Waals surface area (Å²) in [4.78, 5) is 7.92. The maximum absolute atomic E-state index is 5.36. The van der Waals surface area contributed by atoms with E-state index in [1.807, 2.05) is 0 Å². The van der Waals surface area contributed by atoms with E-state index in [-0.39, 0.29) is 10.5 Å². The summed E-state index contributed by atoms with van der Waals surface area (Å²) in [5.41, 5.74) is 8.31. The summed E-state index contributed by atoms with van der Waals surface area (Å²) in [5.74, 6) is 5.90. The fraction of sp³-hybridized carbons (Fsp3) is 0.227. The van der Waals surface area contributed by atoms with E-state index in [4.69, 9.17) is 10.7 Å². The second kappa shape index (κ2) is 5.80. The molecule has 0 saturated heterocycles. The van der Waals surface area contributed by atoms with Crippen LogP contribution in [0.1, 0.15) is 41.5 Å². The molecule has 2 unspecified atom stereocenters. The molecule has 126 valence electrons. The van der Waals surface area contributed by atoms with Crippen LogP contribution in [0.2, 0.25) is 0 Å². The van der Waals surface area contributed by atoms with Crippen molar-refractivity contribution in [3.8, 4) is 0 Å².